The molecule has 0 aliphatic heterocycles. The summed E-state index contributed by atoms with van der Waals surface area (Å²) in [6.07, 6.45) is 0.319. The van der Waals surface area contributed by atoms with E-state index >= 15 is 0 Å². The first-order chi connectivity index (χ1) is 8.54. The Morgan fingerprint density at radius 1 is 1.39 bits per heavy atom. The minimum absolute atomic E-state index is 0.272. The Balaban J connectivity index is 2.62. The van der Waals surface area contributed by atoms with Crippen molar-refractivity contribution in [2.75, 3.05) is 6.54 Å². The van der Waals surface area contributed by atoms with Crippen molar-refractivity contribution in [2.24, 2.45) is 0 Å². The van der Waals surface area contributed by atoms with Crippen LogP contribution in [0.5, 0.6) is 5.75 Å². The summed E-state index contributed by atoms with van der Waals surface area (Å²) in [6, 6.07) is 5.73. The molecule has 1 aromatic carbocycles. The van der Waals surface area contributed by atoms with Gasteiger partial charge in [0.2, 0.25) is 0 Å². The molecule has 3 nitrogen and oxygen atoms in total. The summed E-state index contributed by atoms with van der Waals surface area (Å²) in [4.78, 5) is 0. The van der Waals surface area contributed by atoms with E-state index in [1.165, 1.54) is 0 Å². The monoisotopic (exact) mass is 271 g/mol. The molecular weight excluding hydrogens is 250 g/mol. The Kier molecular flexibility index (Phi) is 6.47. The smallest absolute Gasteiger partial charge is 0.138 e. The molecule has 4 heteroatoms. The number of halogens is 1. The minimum atomic E-state index is -0.521. The highest BCUT2D eigenvalue weighted by molar-refractivity contribution is 6.32. The van der Waals surface area contributed by atoms with Gasteiger partial charge in [-0.25, -0.2) is 0 Å². The maximum absolute atomic E-state index is 9.39. The molecule has 0 spiro atoms. The predicted molar refractivity (Wildman–Crippen MR) is 75.2 cm³/mol. The number of ether oxygens (including phenoxy) is 1. The van der Waals surface area contributed by atoms with Crippen molar-refractivity contribution in [3.05, 3.63) is 28.8 Å². The number of hydrogen-bond acceptors (Lipinski definition) is 3. The molecule has 102 valence electrons. The fraction of sp³-hybridized carbons (Fsp3) is 0.571. The molecule has 2 unspecified atom stereocenters. The summed E-state index contributed by atoms with van der Waals surface area (Å²) in [5.41, 5.74) is 1.13. The van der Waals surface area contributed by atoms with E-state index in [0.717, 1.165) is 25.1 Å². The van der Waals surface area contributed by atoms with Crippen LogP contribution in [0.1, 0.15) is 32.8 Å². The average molecular weight is 272 g/mol. The molecule has 0 saturated carbocycles. The molecule has 2 atom stereocenters. The van der Waals surface area contributed by atoms with Gasteiger partial charge < -0.3 is 15.2 Å². The topological polar surface area (TPSA) is 41.5 Å². The number of rotatable bonds is 7. The van der Waals surface area contributed by atoms with Gasteiger partial charge in [0.15, 0.2) is 0 Å². The van der Waals surface area contributed by atoms with E-state index in [-0.39, 0.29) is 6.10 Å². The SMILES string of the molecule is CCCNCc1ccc(OC(C)C(C)O)c(Cl)c1. The third-order valence-electron chi connectivity index (χ3n) is 2.74. The maximum atomic E-state index is 9.39. The van der Waals surface area contributed by atoms with Crippen molar-refractivity contribution < 1.29 is 9.84 Å². The first-order valence-corrected chi connectivity index (χ1v) is 6.76. The number of hydrogen-bond donors (Lipinski definition) is 2. The lowest BCUT2D eigenvalue weighted by atomic mass is 10.2. The second-order valence-corrected chi connectivity index (χ2v) is 4.91. The molecule has 18 heavy (non-hydrogen) atoms. The molecule has 0 aliphatic carbocycles. The van der Waals surface area contributed by atoms with Crippen LogP contribution in [0.4, 0.5) is 0 Å². The van der Waals surface area contributed by atoms with Gasteiger partial charge in [-0.2, -0.15) is 0 Å². The van der Waals surface area contributed by atoms with E-state index in [1.807, 2.05) is 25.1 Å². The summed E-state index contributed by atoms with van der Waals surface area (Å²) in [5.74, 6) is 0.615. The minimum Gasteiger partial charge on any atom is -0.486 e. The highest BCUT2D eigenvalue weighted by Crippen LogP contribution is 2.26. The molecule has 0 bridgehead atoms. The van der Waals surface area contributed by atoms with Crippen molar-refractivity contribution >= 4 is 11.6 Å². The molecule has 0 aliphatic rings. The van der Waals surface area contributed by atoms with Gasteiger partial charge in [-0.15, -0.1) is 0 Å². The standard InChI is InChI=1S/C14H22ClNO2/c1-4-7-16-9-12-5-6-14(13(15)8-12)18-11(3)10(2)17/h5-6,8,10-11,16-17H,4,7,9H2,1-3H3. The van der Waals surface area contributed by atoms with Gasteiger partial charge in [-0.3, -0.25) is 0 Å². The van der Waals surface area contributed by atoms with Gasteiger partial charge in [0.25, 0.3) is 0 Å². The van der Waals surface area contributed by atoms with Crippen LogP contribution in [-0.2, 0) is 6.54 Å². The lowest BCUT2D eigenvalue weighted by molar-refractivity contribution is 0.0605. The van der Waals surface area contributed by atoms with E-state index < -0.39 is 6.10 Å². The molecule has 0 heterocycles. The van der Waals surface area contributed by atoms with Crippen LogP contribution >= 0.6 is 11.6 Å². The molecule has 0 saturated heterocycles. The Hall–Kier alpha value is -0.770. The summed E-state index contributed by atoms with van der Waals surface area (Å²) in [5, 5.41) is 13.3. The van der Waals surface area contributed by atoms with Crippen LogP contribution in [0.15, 0.2) is 18.2 Å². The van der Waals surface area contributed by atoms with E-state index in [2.05, 4.69) is 12.2 Å². The van der Waals surface area contributed by atoms with Crippen molar-refractivity contribution in [3.63, 3.8) is 0 Å². The first-order valence-electron chi connectivity index (χ1n) is 6.38. The van der Waals surface area contributed by atoms with E-state index in [1.54, 1.807) is 6.92 Å². The van der Waals surface area contributed by atoms with Gasteiger partial charge in [-0.05, 0) is 44.5 Å². The predicted octanol–water partition coefficient (Wildman–Crippen LogP) is 2.99. The quantitative estimate of drug-likeness (QED) is 0.749. The molecular formula is C14H22ClNO2. The maximum Gasteiger partial charge on any atom is 0.138 e. The fourth-order valence-corrected chi connectivity index (χ4v) is 1.71. The van der Waals surface area contributed by atoms with Crippen molar-refractivity contribution in [3.8, 4) is 5.75 Å². The Labute approximate surface area is 114 Å². The third kappa shape index (κ3) is 4.84. The highest BCUT2D eigenvalue weighted by atomic mass is 35.5. The molecule has 0 fully saturated rings. The zero-order valence-electron chi connectivity index (χ0n) is 11.2. The highest BCUT2D eigenvalue weighted by Gasteiger charge is 2.12. The number of aliphatic hydroxyl groups is 1. The van der Waals surface area contributed by atoms with Gasteiger partial charge in [0.05, 0.1) is 11.1 Å². The normalized spacial score (nSPS) is 14.3. The Bertz CT molecular complexity index is 369. The summed E-state index contributed by atoms with van der Waals surface area (Å²) < 4.78 is 5.58. The fourth-order valence-electron chi connectivity index (χ4n) is 1.46. The van der Waals surface area contributed by atoms with Gasteiger partial charge >= 0.3 is 0 Å². The molecule has 0 aromatic heterocycles. The third-order valence-corrected chi connectivity index (χ3v) is 3.04. The summed E-state index contributed by atoms with van der Waals surface area (Å²) in [7, 11) is 0. The first kappa shape index (κ1) is 15.3. The second kappa shape index (κ2) is 7.62. The van der Waals surface area contributed by atoms with Crippen molar-refractivity contribution in [1.29, 1.82) is 0 Å². The van der Waals surface area contributed by atoms with E-state index in [0.29, 0.717) is 10.8 Å². The zero-order chi connectivity index (χ0) is 13.5. The van der Waals surface area contributed by atoms with Gasteiger partial charge in [0, 0.05) is 6.54 Å². The second-order valence-electron chi connectivity index (χ2n) is 4.51. The lowest BCUT2D eigenvalue weighted by Crippen LogP contribution is -2.25. The average Bonchev–Trinajstić information content (AvgIpc) is 2.32. The van der Waals surface area contributed by atoms with E-state index in [9.17, 15) is 5.11 Å². The van der Waals surface area contributed by atoms with Crippen molar-refractivity contribution in [2.45, 2.75) is 45.9 Å². The molecule has 1 rings (SSSR count). The lowest BCUT2D eigenvalue weighted by Gasteiger charge is -2.18. The summed E-state index contributed by atoms with van der Waals surface area (Å²) in [6.45, 7) is 7.45. The zero-order valence-corrected chi connectivity index (χ0v) is 12.0. The Morgan fingerprint density at radius 2 is 2.11 bits per heavy atom. The van der Waals surface area contributed by atoms with Crippen LogP contribution in [0.25, 0.3) is 0 Å². The van der Waals surface area contributed by atoms with Crippen molar-refractivity contribution in [1.82, 2.24) is 5.32 Å². The molecule has 2 N–H and O–H groups in total. The molecule has 0 radical (unpaired) electrons. The molecule has 1 aromatic rings. The van der Waals surface area contributed by atoms with Crippen LogP contribution < -0.4 is 10.1 Å². The molecule has 0 amide bonds. The van der Waals surface area contributed by atoms with Gasteiger partial charge in [-0.1, -0.05) is 24.6 Å². The van der Waals surface area contributed by atoms with Crippen LogP contribution in [0, 0.1) is 0 Å². The van der Waals surface area contributed by atoms with Crippen LogP contribution in [0.3, 0.4) is 0 Å². The Morgan fingerprint density at radius 3 is 2.67 bits per heavy atom. The van der Waals surface area contributed by atoms with E-state index in [4.69, 9.17) is 16.3 Å². The largest absolute Gasteiger partial charge is 0.486 e. The van der Waals surface area contributed by atoms with Gasteiger partial charge in [0.1, 0.15) is 11.9 Å². The number of benzene rings is 1. The van der Waals surface area contributed by atoms with Crippen LogP contribution in [0.2, 0.25) is 5.02 Å². The number of nitrogens with one attached hydrogen (secondary N) is 1. The summed E-state index contributed by atoms with van der Waals surface area (Å²) >= 11 is 6.16. The number of aliphatic hydroxyl groups excluding tert-OH is 1. The van der Waals surface area contributed by atoms with Crippen LogP contribution in [-0.4, -0.2) is 23.9 Å².